The minimum Gasteiger partial charge on any atom is -0.382 e. The molecule has 1 heterocycles. The van der Waals surface area contributed by atoms with Gasteiger partial charge in [-0.15, -0.1) is 0 Å². The topological polar surface area (TPSA) is 50.4 Å². The highest BCUT2D eigenvalue weighted by atomic mass is 16.5. The number of carbonyl (C=O) groups is 1. The van der Waals surface area contributed by atoms with Crippen LogP contribution in [0.15, 0.2) is 24.3 Å². The van der Waals surface area contributed by atoms with Gasteiger partial charge in [0.2, 0.25) is 5.91 Å². The average Bonchev–Trinajstić information content (AvgIpc) is 3.27. The van der Waals surface area contributed by atoms with Gasteiger partial charge in [0.05, 0.1) is 6.10 Å². The molecule has 2 N–H and O–H groups in total. The summed E-state index contributed by atoms with van der Waals surface area (Å²) in [5.41, 5.74) is 2.44. The van der Waals surface area contributed by atoms with Crippen molar-refractivity contribution >= 4 is 11.6 Å². The summed E-state index contributed by atoms with van der Waals surface area (Å²) in [5.74, 6) is 0.720. The SMILES string of the molecule is O=C(COC1CNc2ccccc2C1)NCC1CC1. The van der Waals surface area contributed by atoms with Crippen LogP contribution < -0.4 is 10.6 Å². The number of benzene rings is 1. The normalized spacial score (nSPS) is 21.4. The van der Waals surface area contributed by atoms with Crippen molar-refractivity contribution in [3.05, 3.63) is 29.8 Å². The van der Waals surface area contributed by atoms with Crippen molar-refractivity contribution in [2.24, 2.45) is 5.92 Å². The van der Waals surface area contributed by atoms with Crippen LogP contribution in [0.5, 0.6) is 0 Å². The zero-order valence-corrected chi connectivity index (χ0v) is 11.0. The van der Waals surface area contributed by atoms with E-state index in [0.29, 0.717) is 5.92 Å². The molecule has 1 fully saturated rings. The van der Waals surface area contributed by atoms with Gasteiger partial charge in [0.15, 0.2) is 0 Å². The summed E-state index contributed by atoms with van der Waals surface area (Å²) in [7, 11) is 0. The Labute approximate surface area is 113 Å². The zero-order valence-electron chi connectivity index (χ0n) is 11.0. The minimum atomic E-state index is 0.00533. The van der Waals surface area contributed by atoms with Crippen molar-refractivity contribution in [3.8, 4) is 0 Å². The Hall–Kier alpha value is -1.55. The van der Waals surface area contributed by atoms with Crippen LogP contribution in [-0.2, 0) is 16.0 Å². The molecule has 19 heavy (non-hydrogen) atoms. The van der Waals surface area contributed by atoms with E-state index in [-0.39, 0.29) is 18.6 Å². The first-order valence-corrected chi connectivity index (χ1v) is 7.01. The van der Waals surface area contributed by atoms with Crippen molar-refractivity contribution in [2.45, 2.75) is 25.4 Å². The molecule has 1 aromatic carbocycles. The Morgan fingerprint density at radius 1 is 1.37 bits per heavy atom. The van der Waals surface area contributed by atoms with Gasteiger partial charge in [-0.2, -0.15) is 0 Å². The molecule has 0 bridgehead atoms. The predicted octanol–water partition coefficient (Wildman–Crippen LogP) is 1.57. The highest BCUT2D eigenvalue weighted by Gasteiger charge is 2.22. The minimum absolute atomic E-state index is 0.00533. The van der Waals surface area contributed by atoms with E-state index in [9.17, 15) is 4.79 Å². The lowest BCUT2D eigenvalue weighted by Gasteiger charge is -2.26. The quantitative estimate of drug-likeness (QED) is 0.845. The van der Waals surface area contributed by atoms with E-state index in [2.05, 4.69) is 22.8 Å². The second-order valence-electron chi connectivity index (χ2n) is 5.42. The Morgan fingerprint density at radius 2 is 2.21 bits per heavy atom. The van der Waals surface area contributed by atoms with Crippen LogP contribution in [0.2, 0.25) is 0 Å². The number of rotatable bonds is 5. The van der Waals surface area contributed by atoms with Gasteiger partial charge in [0.25, 0.3) is 0 Å². The number of hydrogen-bond donors (Lipinski definition) is 2. The van der Waals surface area contributed by atoms with Gasteiger partial charge < -0.3 is 15.4 Å². The summed E-state index contributed by atoms with van der Waals surface area (Å²) in [6.45, 7) is 1.75. The predicted molar refractivity (Wildman–Crippen MR) is 74.1 cm³/mol. The molecular weight excluding hydrogens is 240 g/mol. The molecule has 3 rings (SSSR count). The lowest BCUT2D eigenvalue weighted by molar-refractivity contribution is -0.127. The third-order valence-corrected chi connectivity index (χ3v) is 3.72. The number of fused-ring (bicyclic) bond motifs is 1. The summed E-state index contributed by atoms with van der Waals surface area (Å²) in [4.78, 5) is 11.6. The Bertz CT molecular complexity index is 457. The van der Waals surface area contributed by atoms with Gasteiger partial charge in [-0.25, -0.2) is 0 Å². The molecule has 102 valence electrons. The van der Waals surface area contributed by atoms with Gasteiger partial charge in [0, 0.05) is 25.2 Å². The second-order valence-corrected chi connectivity index (χ2v) is 5.42. The Balaban J connectivity index is 1.42. The Morgan fingerprint density at radius 3 is 3.05 bits per heavy atom. The molecule has 0 saturated heterocycles. The first-order valence-electron chi connectivity index (χ1n) is 7.01. The van der Waals surface area contributed by atoms with Gasteiger partial charge >= 0.3 is 0 Å². The smallest absolute Gasteiger partial charge is 0.246 e. The summed E-state index contributed by atoms with van der Waals surface area (Å²) in [5, 5.41) is 6.26. The van der Waals surface area contributed by atoms with Gasteiger partial charge in [-0.1, -0.05) is 18.2 Å². The molecule has 0 radical (unpaired) electrons. The first kappa shape index (κ1) is 12.5. The number of ether oxygens (including phenoxy) is 1. The fourth-order valence-electron chi connectivity index (χ4n) is 2.35. The van der Waals surface area contributed by atoms with E-state index in [0.717, 1.165) is 19.5 Å². The number of anilines is 1. The fourth-order valence-corrected chi connectivity index (χ4v) is 2.35. The molecule has 0 aromatic heterocycles. The first-order chi connectivity index (χ1) is 9.31. The van der Waals surface area contributed by atoms with E-state index in [1.807, 2.05) is 12.1 Å². The van der Waals surface area contributed by atoms with Crippen LogP contribution in [0, 0.1) is 5.92 Å². The van der Waals surface area contributed by atoms with Crippen molar-refractivity contribution in [1.82, 2.24) is 5.32 Å². The number of nitrogens with one attached hydrogen (secondary N) is 2. The summed E-state index contributed by atoms with van der Waals surface area (Å²) in [6, 6.07) is 8.24. The van der Waals surface area contributed by atoms with E-state index in [4.69, 9.17) is 4.74 Å². The lowest BCUT2D eigenvalue weighted by atomic mass is 10.0. The van der Waals surface area contributed by atoms with Crippen molar-refractivity contribution < 1.29 is 9.53 Å². The molecule has 1 amide bonds. The molecule has 1 atom stereocenters. The highest BCUT2D eigenvalue weighted by molar-refractivity contribution is 5.77. The van der Waals surface area contributed by atoms with Crippen LogP contribution in [0.3, 0.4) is 0 Å². The fraction of sp³-hybridized carbons (Fsp3) is 0.533. The van der Waals surface area contributed by atoms with Gasteiger partial charge in [-0.05, 0) is 30.4 Å². The molecule has 2 aliphatic rings. The largest absolute Gasteiger partial charge is 0.382 e. The Kier molecular flexibility index (Phi) is 3.69. The lowest BCUT2D eigenvalue weighted by Crippen LogP contribution is -2.35. The summed E-state index contributed by atoms with van der Waals surface area (Å²) < 4.78 is 5.68. The monoisotopic (exact) mass is 260 g/mol. The van der Waals surface area contributed by atoms with Crippen LogP contribution in [0.4, 0.5) is 5.69 Å². The summed E-state index contributed by atoms with van der Waals surface area (Å²) in [6.07, 6.45) is 3.47. The van der Waals surface area contributed by atoms with Crippen molar-refractivity contribution in [3.63, 3.8) is 0 Å². The maximum absolute atomic E-state index is 11.6. The number of amides is 1. The molecule has 1 unspecified atom stereocenters. The van der Waals surface area contributed by atoms with E-state index in [1.165, 1.54) is 24.1 Å². The van der Waals surface area contributed by atoms with Crippen molar-refractivity contribution in [2.75, 3.05) is 25.0 Å². The van der Waals surface area contributed by atoms with E-state index >= 15 is 0 Å². The molecule has 4 nitrogen and oxygen atoms in total. The molecule has 1 saturated carbocycles. The number of carbonyl (C=O) groups excluding carboxylic acids is 1. The van der Waals surface area contributed by atoms with Crippen LogP contribution in [0.25, 0.3) is 0 Å². The molecule has 0 spiro atoms. The van der Waals surface area contributed by atoms with Crippen LogP contribution in [0.1, 0.15) is 18.4 Å². The zero-order chi connectivity index (χ0) is 13.1. The number of para-hydroxylation sites is 1. The molecule has 1 aliphatic heterocycles. The third kappa shape index (κ3) is 3.47. The molecule has 1 aliphatic carbocycles. The van der Waals surface area contributed by atoms with Crippen molar-refractivity contribution in [1.29, 1.82) is 0 Å². The number of hydrogen-bond acceptors (Lipinski definition) is 3. The summed E-state index contributed by atoms with van der Waals surface area (Å²) >= 11 is 0. The van der Waals surface area contributed by atoms with Gasteiger partial charge in [0.1, 0.15) is 6.61 Å². The molecule has 4 heteroatoms. The third-order valence-electron chi connectivity index (χ3n) is 3.72. The van der Waals surface area contributed by atoms with E-state index in [1.54, 1.807) is 0 Å². The standard InChI is InChI=1S/C15H20N2O2/c18-15(17-8-11-5-6-11)10-19-13-7-12-3-1-2-4-14(12)16-9-13/h1-4,11,13,16H,5-10H2,(H,17,18). The van der Waals surface area contributed by atoms with Crippen LogP contribution >= 0.6 is 0 Å². The maximum Gasteiger partial charge on any atom is 0.246 e. The highest BCUT2D eigenvalue weighted by Crippen LogP contribution is 2.27. The second kappa shape index (κ2) is 5.61. The molecular formula is C15H20N2O2. The van der Waals surface area contributed by atoms with E-state index < -0.39 is 0 Å². The average molecular weight is 260 g/mol. The maximum atomic E-state index is 11.6. The van der Waals surface area contributed by atoms with Crippen LogP contribution in [-0.4, -0.2) is 31.7 Å². The van der Waals surface area contributed by atoms with Gasteiger partial charge in [-0.3, -0.25) is 4.79 Å². The molecule has 1 aromatic rings.